The summed E-state index contributed by atoms with van der Waals surface area (Å²) in [7, 11) is 0. The Labute approximate surface area is 148 Å². The van der Waals surface area contributed by atoms with Gasteiger partial charge in [0.05, 0.1) is 5.69 Å². The first-order chi connectivity index (χ1) is 11.9. The summed E-state index contributed by atoms with van der Waals surface area (Å²) in [4.78, 5) is 4.43. The van der Waals surface area contributed by atoms with Crippen LogP contribution in [0.5, 0.6) is 5.75 Å². The van der Waals surface area contributed by atoms with Gasteiger partial charge < -0.3 is 4.74 Å². The highest BCUT2D eigenvalue weighted by molar-refractivity contribution is 5.62. The Morgan fingerprint density at radius 2 is 1.68 bits per heavy atom. The van der Waals surface area contributed by atoms with Crippen LogP contribution in [-0.4, -0.2) is 4.98 Å². The van der Waals surface area contributed by atoms with Crippen molar-refractivity contribution in [3.63, 3.8) is 0 Å². The number of hydrogen-bond donors (Lipinski definition) is 0. The summed E-state index contributed by atoms with van der Waals surface area (Å²) < 4.78 is 19.9. The number of pyridine rings is 1. The molecule has 0 fully saturated rings. The second kappa shape index (κ2) is 7.06. The molecule has 3 heteroatoms. The van der Waals surface area contributed by atoms with E-state index in [0.717, 1.165) is 16.8 Å². The van der Waals surface area contributed by atoms with Gasteiger partial charge in [-0.25, -0.2) is 4.39 Å². The Morgan fingerprint density at radius 3 is 2.28 bits per heavy atom. The van der Waals surface area contributed by atoms with Gasteiger partial charge >= 0.3 is 0 Å². The van der Waals surface area contributed by atoms with Crippen LogP contribution >= 0.6 is 0 Å². The molecule has 128 valence electrons. The van der Waals surface area contributed by atoms with Gasteiger partial charge in [0, 0.05) is 17.8 Å². The molecular formula is C22H22FNO. The lowest BCUT2D eigenvalue weighted by Crippen LogP contribution is -2.13. The highest BCUT2D eigenvalue weighted by Gasteiger charge is 2.18. The summed E-state index contributed by atoms with van der Waals surface area (Å²) >= 11 is 0. The molecule has 2 nitrogen and oxygen atoms in total. The van der Waals surface area contributed by atoms with E-state index in [1.165, 1.54) is 6.07 Å². The van der Waals surface area contributed by atoms with Gasteiger partial charge in [-0.3, -0.25) is 4.98 Å². The van der Waals surface area contributed by atoms with Crippen LogP contribution in [0, 0.1) is 5.82 Å². The average molecular weight is 335 g/mol. The van der Waals surface area contributed by atoms with E-state index < -0.39 is 0 Å². The van der Waals surface area contributed by atoms with Crippen LogP contribution in [0.25, 0.3) is 11.1 Å². The number of aromatic nitrogens is 1. The van der Waals surface area contributed by atoms with E-state index in [-0.39, 0.29) is 11.2 Å². The predicted molar refractivity (Wildman–Crippen MR) is 99.1 cm³/mol. The predicted octanol–water partition coefficient (Wildman–Crippen LogP) is 5.76. The van der Waals surface area contributed by atoms with Crippen molar-refractivity contribution in [1.82, 2.24) is 4.98 Å². The lowest BCUT2D eigenvalue weighted by molar-refractivity contribution is 0.299. The number of rotatable bonds is 4. The summed E-state index contributed by atoms with van der Waals surface area (Å²) in [5.74, 6) is 0.275. The minimum absolute atomic E-state index is 0.225. The first kappa shape index (κ1) is 17.2. The van der Waals surface area contributed by atoms with Crippen molar-refractivity contribution in [3.8, 4) is 16.9 Å². The van der Waals surface area contributed by atoms with Crippen LogP contribution in [-0.2, 0) is 12.0 Å². The molecule has 1 aromatic heterocycles. The fourth-order valence-electron chi connectivity index (χ4n) is 2.66. The third-order valence-electron chi connectivity index (χ3n) is 4.07. The molecule has 0 saturated heterocycles. The summed E-state index contributed by atoms with van der Waals surface area (Å²) in [5.41, 5.74) is 3.45. The number of benzene rings is 2. The van der Waals surface area contributed by atoms with Crippen molar-refractivity contribution in [3.05, 3.63) is 83.9 Å². The van der Waals surface area contributed by atoms with E-state index in [9.17, 15) is 4.39 Å². The first-order valence-electron chi connectivity index (χ1n) is 8.37. The van der Waals surface area contributed by atoms with Crippen molar-refractivity contribution >= 4 is 0 Å². The molecule has 0 aliphatic carbocycles. The highest BCUT2D eigenvalue weighted by Crippen LogP contribution is 2.28. The van der Waals surface area contributed by atoms with Crippen LogP contribution in [0.1, 0.15) is 32.0 Å². The zero-order valence-corrected chi connectivity index (χ0v) is 14.8. The minimum atomic E-state index is -0.239. The molecule has 0 atom stereocenters. The van der Waals surface area contributed by atoms with E-state index in [2.05, 4.69) is 4.98 Å². The molecule has 0 N–H and O–H groups in total. The van der Waals surface area contributed by atoms with Gasteiger partial charge in [0.2, 0.25) is 0 Å². The van der Waals surface area contributed by atoms with Gasteiger partial charge in [-0.05, 0) is 28.7 Å². The molecule has 2 aromatic carbocycles. The standard InChI is InChI=1S/C22H22FNO/c1-22(2,3)20-12-11-19(13-21(20)23)25-15-18-10-9-17(14-24-18)16-7-5-4-6-8-16/h4-14H,15H2,1-3H3. The van der Waals surface area contributed by atoms with Crippen molar-refractivity contribution in [1.29, 1.82) is 0 Å². The molecule has 0 unspecified atom stereocenters. The topological polar surface area (TPSA) is 22.1 Å². The Bertz CT molecular complexity index is 836. The number of halogens is 1. The third-order valence-corrected chi connectivity index (χ3v) is 4.07. The monoisotopic (exact) mass is 335 g/mol. The second-order valence-electron chi connectivity index (χ2n) is 7.08. The minimum Gasteiger partial charge on any atom is -0.487 e. The quantitative estimate of drug-likeness (QED) is 0.604. The zero-order chi connectivity index (χ0) is 17.9. The molecule has 0 bridgehead atoms. The molecule has 1 heterocycles. The Morgan fingerprint density at radius 1 is 0.920 bits per heavy atom. The van der Waals surface area contributed by atoms with Crippen LogP contribution < -0.4 is 4.74 Å². The van der Waals surface area contributed by atoms with Gasteiger partial charge in [-0.1, -0.05) is 63.2 Å². The Balaban J connectivity index is 1.67. The second-order valence-corrected chi connectivity index (χ2v) is 7.08. The zero-order valence-electron chi connectivity index (χ0n) is 14.8. The van der Waals surface area contributed by atoms with E-state index >= 15 is 0 Å². The van der Waals surface area contributed by atoms with E-state index in [0.29, 0.717) is 17.9 Å². The van der Waals surface area contributed by atoms with Crippen molar-refractivity contribution in [2.75, 3.05) is 0 Å². The van der Waals surface area contributed by atoms with E-state index in [1.54, 1.807) is 6.07 Å². The lowest BCUT2D eigenvalue weighted by atomic mass is 9.87. The van der Waals surface area contributed by atoms with Gasteiger partial charge in [0.25, 0.3) is 0 Å². The summed E-state index contributed by atoms with van der Waals surface area (Å²) in [6.07, 6.45) is 1.83. The van der Waals surface area contributed by atoms with Crippen molar-refractivity contribution in [2.24, 2.45) is 0 Å². The largest absolute Gasteiger partial charge is 0.487 e. The van der Waals surface area contributed by atoms with E-state index in [4.69, 9.17) is 4.74 Å². The third kappa shape index (κ3) is 4.24. The molecule has 0 saturated carbocycles. The summed E-state index contributed by atoms with van der Waals surface area (Å²) in [6, 6.07) is 19.1. The molecule has 3 aromatic rings. The fourth-order valence-corrected chi connectivity index (χ4v) is 2.66. The molecule has 0 spiro atoms. The Kier molecular flexibility index (Phi) is 4.84. The van der Waals surface area contributed by atoms with Gasteiger partial charge in [0.15, 0.2) is 0 Å². The SMILES string of the molecule is CC(C)(C)c1ccc(OCc2ccc(-c3ccccc3)cn2)cc1F. The molecule has 0 radical (unpaired) electrons. The lowest BCUT2D eigenvalue weighted by Gasteiger charge is -2.20. The van der Waals surface area contributed by atoms with Gasteiger partial charge in [-0.15, -0.1) is 0 Å². The van der Waals surface area contributed by atoms with Gasteiger partial charge in [0.1, 0.15) is 18.2 Å². The summed E-state index contributed by atoms with van der Waals surface area (Å²) in [5, 5.41) is 0. The normalized spacial score (nSPS) is 11.4. The maximum absolute atomic E-state index is 14.2. The first-order valence-corrected chi connectivity index (χ1v) is 8.37. The molecule has 3 rings (SSSR count). The van der Waals surface area contributed by atoms with Crippen molar-refractivity contribution < 1.29 is 9.13 Å². The maximum Gasteiger partial charge on any atom is 0.130 e. The Hall–Kier alpha value is -2.68. The maximum atomic E-state index is 14.2. The molecule has 0 amide bonds. The van der Waals surface area contributed by atoms with Crippen LogP contribution in [0.2, 0.25) is 0 Å². The molecule has 0 aliphatic heterocycles. The molecular weight excluding hydrogens is 313 g/mol. The molecule has 0 aliphatic rings. The molecule has 25 heavy (non-hydrogen) atoms. The van der Waals surface area contributed by atoms with Crippen LogP contribution in [0.4, 0.5) is 4.39 Å². The van der Waals surface area contributed by atoms with Crippen LogP contribution in [0.15, 0.2) is 66.9 Å². The number of ether oxygens (including phenoxy) is 1. The number of nitrogens with zero attached hydrogens (tertiary/aromatic N) is 1. The van der Waals surface area contributed by atoms with Gasteiger partial charge in [-0.2, -0.15) is 0 Å². The van der Waals surface area contributed by atoms with Crippen LogP contribution in [0.3, 0.4) is 0 Å². The van der Waals surface area contributed by atoms with Crippen molar-refractivity contribution in [2.45, 2.75) is 32.8 Å². The van der Waals surface area contributed by atoms with E-state index in [1.807, 2.05) is 75.5 Å². The fraction of sp³-hybridized carbons (Fsp3) is 0.227. The highest BCUT2D eigenvalue weighted by atomic mass is 19.1. The summed E-state index contributed by atoms with van der Waals surface area (Å²) in [6.45, 7) is 6.28. The number of hydrogen-bond acceptors (Lipinski definition) is 2. The average Bonchev–Trinajstić information content (AvgIpc) is 2.60. The smallest absolute Gasteiger partial charge is 0.130 e.